The summed E-state index contributed by atoms with van der Waals surface area (Å²) in [5.74, 6) is -0.146. The molecule has 1 unspecified atom stereocenters. The summed E-state index contributed by atoms with van der Waals surface area (Å²) >= 11 is 0. The second-order valence-corrected chi connectivity index (χ2v) is 4.12. The smallest absolute Gasteiger partial charge is 0.217 e. The molecule has 18 heavy (non-hydrogen) atoms. The van der Waals surface area contributed by atoms with Crippen molar-refractivity contribution in [1.29, 1.82) is 0 Å². The van der Waals surface area contributed by atoms with Crippen molar-refractivity contribution in [3.63, 3.8) is 0 Å². The number of rotatable bonds is 5. The third-order valence-electron chi connectivity index (χ3n) is 2.87. The topological polar surface area (TPSA) is 68.9 Å². The Bertz CT molecular complexity index is 459. The summed E-state index contributed by atoms with van der Waals surface area (Å²) in [6.07, 6.45) is 8.12. The van der Waals surface area contributed by atoms with Crippen molar-refractivity contribution in [3.8, 4) is 0 Å². The standard InChI is InChI=1S/C14H15N3O/c15-14(18)4-3-13(11-5-8-16-9-6-11)12-2-1-7-17-10-12/h1-2,5-10,13H,3-4H2,(H2,15,18). The highest BCUT2D eigenvalue weighted by molar-refractivity contribution is 5.73. The maximum Gasteiger partial charge on any atom is 0.217 e. The Labute approximate surface area is 106 Å². The van der Waals surface area contributed by atoms with Gasteiger partial charge in [-0.3, -0.25) is 14.8 Å². The Morgan fingerprint density at radius 1 is 1.11 bits per heavy atom. The monoisotopic (exact) mass is 241 g/mol. The van der Waals surface area contributed by atoms with E-state index in [1.165, 1.54) is 0 Å². The van der Waals surface area contributed by atoms with Crippen LogP contribution in [0.25, 0.3) is 0 Å². The van der Waals surface area contributed by atoms with Gasteiger partial charge in [-0.1, -0.05) is 6.07 Å². The van der Waals surface area contributed by atoms with E-state index in [1.807, 2.05) is 30.5 Å². The normalized spacial score (nSPS) is 12.0. The van der Waals surface area contributed by atoms with E-state index in [0.29, 0.717) is 12.8 Å². The molecule has 0 aliphatic rings. The zero-order valence-corrected chi connectivity index (χ0v) is 9.99. The van der Waals surface area contributed by atoms with E-state index < -0.39 is 0 Å². The van der Waals surface area contributed by atoms with Crippen LogP contribution in [0.1, 0.15) is 29.9 Å². The van der Waals surface area contributed by atoms with E-state index in [4.69, 9.17) is 5.73 Å². The van der Waals surface area contributed by atoms with Crippen LogP contribution in [-0.4, -0.2) is 15.9 Å². The SMILES string of the molecule is NC(=O)CCC(c1ccncc1)c1cccnc1. The average molecular weight is 241 g/mol. The summed E-state index contributed by atoms with van der Waals surface area (Å²) in [6.45, 7) is 0. The van der Waals surface area contributed by atoms with Crippen LogP contribution in [-0.2, 0) is 4.79 Å². The summed E-state index contributed by atoms with van der Waals surface area (Å²) < 4.78 is 0. The molecule has 0 aliphatic carbocycles. The van der Waals surface area contributed by atoms with Crippen molar-refractivity contribution in [2.24, 2.45) is 5.73 Å². The van der Waals surface area contributed by atoms with E-state index in [9.17, 15) is 4.79 Å². The summed E-state index contributed by atoms with van der Waals surface area (Å²) in [4.78, 5) is 19.1. The van der Waals surface area contributed by atoms with E-state index >= 15 is 0 Å². The first kappa shape index (κ1) is 12.2. The van der Waals surface area contributed by atoms with Gasteiger partial charge in [-0.2, -0.15) is 0 Å². The Kier molecular flexibility index (Phi) is 4.02. The Hall–Kier alpha value is -2.23. The number of primary amides is 1. The van der Waals surface area contributed by atoms with Gasteiger partial charge in [0.1, 0.15) is 0 Å². The molecule has 2 N–H and O–H groups in total. The van der Waals surface area contributed by atoms with Gasteiger partial charge in [0.25, 0.3) is 0 Å². The molecule has 4 heteroatoms. The number of hydrogen-bond acceptors (Lipinski definition) is 3. The van der Waals surface area contributed by atoms with Gasteiger partial charge in [0.05, 0.1) is 0 Å². The molecule has 0 bridgehead atoms. The molecule has 0 aliphatic heterocycles. The largest absolute Gasteiger partial charge is 0.370 e. The average Bonchev–Trinajstić information content (AvgIpc) is 2.41. The third-order valence-corrected chi connectivity index (χ3v) is 2.87. The fourth-order valence-corrected chi connectivity index (χ4v) is 1.99. The number of carbonyl (C=O) groups is 1. The lowest BCUT2D eigenvalue weighted by molar-refractivity contribution is -0.118. The number of amides is 1. The third kappa shape index (κ3) is 3.13. The van der Waals surface area contributed by atoms with Gasteiger partial charge in [-0.15, -0.1) is 0 Å². The molecular weight excluding hydrogens is 226 g/mol. The molecule has 0 radical (unpaired) electrons. The van der Waals surface area contributed by atoms with Crippen molar-refractivity contribution in [2.75, 3.05) is 0 Å². The lowest BCUT2D eigenvalue weighted by Crippen LogP contribution is -2.13. The summed E-state index contributed by atoms with van der Waals surface area (Å²) in [5.41, 5.74) is 7.44. The molecule has 0 fully saturated rings. The molecule has 1 atom stereocenters. The molecular formula is C14H15N3O. The number of carbonyl (C=O) groups excluding carboxylic acids is 1. The van der Waals surface area contributed by atoms with Crippen LogP contribution in [0, 0.1) is 0 Å². The highest BCUT2D eigenvalue weighted by atomic mass is 16.1. The van der Waals surface area contributed by atoms with Gasteiger partial charge in [0, 0.05) is 37.1 Å². The predicted octanol–water partition coefficient (Wildman–Crippen LogP) is 1.87. The summed E-state index contributed by atoms with van der Waals surface area (Å²) in [7, 11) is 0. The second-order valence-electron chi connectivity index (χ2n) is 4.12. The van der Waals surface area contributed by atoms with Gasteiger partial charge in [0.2, 0.25) is 5.91 Å². The van der Waals surface area contributed by atoms with E-state index in [0.717, 1.165) is 11.1 Å². The highest BCUT2D eigenvalue weighted by Crippen LogP contribution is 2.27. The van der Waals surface area contributed by atoms with Gasteiger partial charge in [-0.25, -0.2) is 0 Å². The first-order chi connectivity index (χ1) is 8.77. The molecule has 92 valence electrons. The van der Waals surface area contributed by atoms with Gasteiger partial charge in [0.15, 0.2) is 0 Å². The van der Waals surface area contributed by atoms with Crippen LogP contribution in [0.2, 0.25) is 0 Å². The quantitative estimate of drug-likeness (QED) is 0.868. The molecule has 0 spiro atoms. The number of hydrogen-bond donors (Lipinski definition) is 1. The van der Waals surface area contributed by atoms with Crippen molar-refractivity contribution < 1.29 is 4.79 Å². The molecule has 4 nitrogen and oxygen atoms in total. The van der Waals surface area contributed by atoms with E-state index in [-0.39, 0.29) is 11.8 Å². The molecule has 0 saturated carbocycles. The lowest BCUT2D eigenvalue weighted by atomic mass is 9.89. The molecule has 0 aromatic carbocycles. The molecule has 2 heterocycles. The number of pyridine rings is 2. The van der Waals surface area contributed by atoms with E-state index in [1.54, 1.807) is 18.6 Å². The fraction of sp³-hybridized carbons (Fsp3) is 0.214. The minimum atomic E-state index is -0.280. The summed E-state index contributed by atoms with van der Waals surface area (Å²) in [6, 6.07) is 7.82. The number of nitrogens with two attached hydrogens (primary N) is 1. The lowest BCUT2D eigenvalue weighted by Gasteiger charge is -2.16. The molecule has 1 amide bonds. The zero-order chi connectivity index (χ0) is 12.8. The fourth-order valence-electron chi connectivity index (χ4n) is 1.99. The van der Waals surface area contributed by atoms with Crippen LogP contribution in [0.15, 0.2) is 49.1 Å². The number of nitrogens with zero attached hydrogens (tertiary/aromatic N) is 2. The maximum atomic E-state index is 11.0. The van der Waals surface area contributed by atoms with E-state index in [2.05, 4.69) is 9.97 Å². The predicted molar refractivity (Wildman–Crippen MR) is 68.7 cm³/mol. The van der Waals surface area contributed by atoms with Crippen molar-refractivity contribution in [1.82, 2.24) is 9.97 Å². The molecule has 2 aromatic heterocycles. The van der Waals surface area contributed by atoms with Crippen molar-refractivity contribution in [3.05, 3.63) is 60.2 Å². The second kappa shape index (κ2) is 5.91. The van der Waals surface area contributed by atoms with Crippen LogP contribution in [0.3, 0.4) is 0 Å². The minimum absolute atomic E-state index is 0.134. The first-order valence-electron chi connectivity index (χ1n) is 5.85. The van der Waals surface area contributed by atoms with Crippen LogP contribution in [0.5, 0.6) is 0 Å². The maximum absolute atomic E-state index is 11.0. The van der Waals surface area contributed by atoms with Gasteiger partial charge < -0.3 is 5.73 Å². The summed E-state index contributed by atoms with van der Waals surface area (Å²) in [5, 5.41) is 0. The van der Waals surface area contributed by atoms with Gasteiger partial charge in [-0.05, 0) is 35.7 Å². The number of aromatic nitrogens is 2. The van der Waals surface area contributed by atoms with Crippen molar-refractivity contribution in [2.45, 2.75) is 18.8 Å². The molecule has 2 rings (SSSR count). The van der Waals surface area contributed by atoms with Crippen LogP contribution in [0.4, 0.5) is 0 Å². The Morgan fingerprint density at radius 2 is 1.89 bits per heavy atom. The molecule has 0 saturated heterocycles. The zero-order valence-electron chi connectivity index (χ0n) is 9.99. The Morgan fingerprint density at radius 3 is 2.50 bits per heavy atom. The van der Waals surface area contributed by atoms with Crippen LogP contribution >= 0.6 is 0 Å². The van der Waals surface area contributed by atoms with Crippen molar-refractivity contribution >= 4 is 5.91 Å². The Balaban J connectivity index is 2.26. The minimum Gasteiger partial charge on any atom is -0.370 e. The van der Waals surface area contributed by atoms with Gasteiger partial charge >= 0.3 is 0 Å². The molecule has 2 aromatic rings. The first-order valence-corrected chi connectivity index (χ1v) is 5.85. The highest BCUT2D eigenvalue weighted by Gasteiger charge is 2.15. The van der Waals surface area contributed by atoms with Crippen LogP contribution < -0.4 is 5.73 Å².